The van der Waals surface area contributed by atoms with Gasteiger partial charge in [-0.2, -0.15) is 0 Å². The molecule has 190 valence electrons. The van der Waals surface area contributed by atoms with Gasteiger partial charge in [0, 0.05) is 8.07 Å². The van der Waals surface area contributed by atoms with Crippen molar-refractivity contribution < 1.29 is 23.7 Å². The molecule has 2 aromatic rings. The van der Waals surface area contributed by atoms with E-state index in [0.29, 0.717) is 31.8 Å². The van der Waals surface area contributed by atoms with Crippen LogP contribution in [0.2, 0.25) is 25.7 Å². The standard InChI is InChI=1S/C29H40O5Si/c1-22-12-10-15-24(27(22)28(30)32-18-19-35(4,5)6)16-11-17-25-26(34-29(2,3)33-25)21-31-20-23-13-8-7-9-14-23/h7-16,25-26H,17-21H2,1-6H3/b16-11+/t25-,26?/m0/s1. The van der Waals surface area contributed by atoms with Gasteiger partial charge < -0.3 is 18.9 Å². The van der Waals surface area contributed by atoms with E-state index in [-0.39, 0.29) is 18.2 Å². The Morgan fingerprint density at radius 3 is 2.46 bits per heavy atom. The summed E-state index contributed by atoms with van der Waals surface area (Å²) in [5.41, 5.74) is 3.54. The van der Waals surface area contributed by atoms with Gasteiger partial charge in [-0.1, -0.05) is 80.3 Å². The Kier molecular flexibility index (Phi) is 9.47. The van der Waals surface area contributed by atoms with Crippen molar-refractivity contribution in [3.05, 3.63) is 76.9 Å². The summed E-state index contributed by atoms with van der Waals surface area (Å²) in [5.74, 6) is -0.914. The highest BCUT2D eigenvalue weighted by molar-refractivity contribution is 6.76. The smallest absolute Gasteiger partial charge is 0.338 e. The molecule has 3 rings (SSSR count). The average molecular weight is 497 g/mol. The molecule has 0 aliphatic carbocycles. The first kappa shape index (κ1) is 27.3. The molecule has 1 heterocycles. The number of hydrogen-bond acceptors (Lipinski definition) is 5. The number of hydrogen-bond donors (Lipinski definition) is 0. The Morgan fingerprint density at radius 1 is 1.03 bits per heavy atom. The average Bonchev–Trinajstić information content (AvgIpc) is 3.07. The van der Waals surface area contributed by atoms with Gasteiger partial charge in [-0.25, -0.2) is 4.79 Å². The molecule has 35 heavy (non-hydrogen) atoms. The highest BCUT2D eigenvalue weighted by Crippen LogP contribution is 2.31. The van der Waals surface area contributed by atoms with Gasteiger partial charge in [0.15, 0.2) is 5.79 Å². The summed E-state index contributed by atoms with van der Waals surface area (Å²) >= 11 is 0. The first-order valence-electron chi connectivity index (χ1n) is 12.4. The second-order valence-corrected chi connectivity index (χ2v) is 16.5. The van der Waals surface area contributed by atoms with Crippen molar-refractivity contribution in [2.75, 3.05) is 13.2 Å². The minimum Gasteiger partial charge on any atom is -0.462 e. The van der Waals surface area contributed by atoms with Crippen LogP contribution in [-0.2, 0) is 25.6 Å². The van der Waals surface area contributed by atoms with E-state index in [2.05, 4.69) is 19.6 Å². The fourth-order valence-electron chi connectivity index (χ4n) is 4.08. The van der Waals surface area contributed by atoms with Gasteiger partial charge in [-0.3, -0.25) is 0 Å². The molecule has 2 atom stereocenters. The monoisotopic (exact) mass is 496 g/mol. The maximum Gasteiger partial charge on any atom is 0.338 e. The third-order valence-electron chi connectivity index (χ3n) is 5.94. The van der Waals surface area contributed by atoms with E-state index in [9.17, 15) is 4.79 Å². The predicted octanol–water partition coefficient (Wildman–Crippen LogP) is 6.63. The van der Waals surface area contributed by atoms with Crippen LogP contribution in [0, 0.1) is 6.92 Å². The Morgan fingerprint density at radius 2 is 1.74 bits per heavy atom. The van der Waals surface area contributed by atoms with Crippen LogP contribution >= 0.6 is 0 Å². The minimum atomic E-state index is -1.26. The second-order valence-electron chi connectivity index (χ2n) is 10.8. The van der Waals surface area contributed by atoms with Crippen LogP contribution < -0.4 is 0 Å². The largest absolute Gasteiger partial charge is 0.462 e. The molecule has 0 saturated carbocycles. The Balaban J connectivity index is 1.61. The molecule has 0 spiro atoms. The maximum atomic E-state index is 12.9. The van der Waals surface area contributed by atoms with E-state index in [1.165, 1.54) is 0 Å². The van der Waals surface area contributed by atoms with Gasteiger partial charge in [-0.05, 0) is 49.9 Å². The number of benzene rings is 2. The summed E-state index contributed by atoms with van der Waals surface area (Å²) in [4.78, 5) is 12.9. The number of rotatable bonds is 11. The summed E-state index contributed by atoms with van der Waals surface area (Å²) < 4.78 is 23.8. The first-order chi connectivity index (χ1) is 16.5. The number of aryl methyl sites for hydroxylation is 1. The van der Waals surface area contributed by atoms with Crippen molar-refractivity contribution in [3.8, 4) is 0 Å². The zero-order valence-corrected chi connectivity index (χ0v) is 23.0. The van der Waals surface area contributed by atoms with E-state index >= 15 is 0 Å². The topological polar surface area (TPSA) is 54.0 Å². The summed E-state index contributed by atoms with van der Waals surface area (Å²) in [7, 11) is -1.26. The highest BCUT2D eigenvalue weighted by Gasteiger charge is 2.40. The van der Waals surface area contributed by atoms with Crippen LogP contribution in [-0.4, -0.2) is 45.3 Å². The molecular formula is C29H40O5Si. The van der Waals surface area contributed by atoms with E-state index in [4.69, 9.17) is 18.9 Å². The van der Waals surface area contributed by atoms with Gasteiger partial charge in [0.2, 0.25) is 0 Å². The molecule has 1 unspecified atom stereocenters. The van der Waals surface area contributed by atoms with Crippen molar-refractivity contribution in [1.29, 1.82) is 0 Å². The predicted molar refractivity (Wildman–Crippen MR) is 143 cm³/mol. The highest BCUT2D eigenvalue weighted by atomic mass is 28.3. The zero-order valence-electron chi connectivity index (χ0n) is 22.0. The molecule has 1 aliphatic heterocycles. The fraction of sp³-hybridized carbons (Fsp3) is 0.483. The molecule has 1 saturated heterocycles. The summed E-state index contributed by atoms with van der Waals surface area (Å²) in [6, 6.07) is 16.9. The lowest BCUT2D eigenvalue weighted by molar-refractivity contribution is -0.151. The summed E-state index contributed by atoms with van der Waals surface area (Å²) in [6.07, 6.45) is 4.39. The van der Waals surface area contributed by atoms with Crippen LogP contribution in [0.25, 0.3) is 6.08 Å². The van der Waals surface area contributed by atoms with Crippen LogP contribution in [0.5, 0.6) is 0 Å². The SMILES string of the molecule is Cc1cccc(/C=C/C[C@@H]2OC(C)(C)OC2COCc2ccccc2)c1C(=O)OCC[Si](C)(C)C. The third kappa shape index (κ3) is 8.72. The number of esters is 1. The molecule has 1 fully saturated rings. The molecule has 0 bridgehead atoms. The number of carbonyl (C=O) groups excluding carboxylic acids is 1. The maximum absolute atomic E-state index is 12.9. The first-order valence-corrected chi connectivity index (χ1v) is 16.2. The van der Waals surface area contributed by atoms with Gasteiger partial charge in [0.05, 0.1) is 31.5 Å². The van der Waals surface area contributed by atoms with Crippen molar-refractivity contribution in [2.24, 2.45) is 0 Å². The molecule has 2 aromatic carbocycles. The molecule has 1 aliphatic rings. The molecule has 0 aromatic heterocycles. The lowest BCUT2D eigenvalue weighted by Crippen LogP contribution is -2.27. The molecule has 0 amide bonds. The van der Waals surface area contributed by atoms with Crippen molar-refractivity contribution in [3.63, 3.8) is 0 Å². The second kappa shape index (κ2) is 12.1. The van der Waals surface area contributed by atoms with Crippen LogP contribution in [0.4, 0.5) is 0 Å². The lowest BCUT2D eigenvalue weighted by Gasteiger charge is -2.17. The third-order valence-corrected chi connectivity index (χ3v) is 7.64. The quantitative estimate of drug-likeness (QED) is 0.258. The molecule has 6 heteroatoms. The number of carbonyl (C=O) groups is 1. The van der Waals surface area contributed by atoms with Crippen molar-refractivity contribution in [1.82, 2.24) is 0 Å². The van der Waals surface area contributed by atoms with Gasteiger partial charge in [0.25, 0.3) is 0 Å². The summed E-state index contributed by atoms with van der Waals surface area (Å²) in [5, 5.41) is 0. The van der Waals surface area contributed by atoms with E-state index in [1.807, 2.05) is 81.5 Å². The Labute approximate surface area is 211 Å². The van der Waals surface area contributed by atoms with Crippen LogP contribution in [0.1, 0.15) is 47.3 Å². The summed E-state index contributed by atoms with van der Waals surface area (Å²) in [6.45, 7) is 14.1. The van der Waals surface area contributed by atoms with Crippen molar-refractivity contribution >= 4 is 20.1 Å². The molecular weight excluding hydrogens is 456 g/mol. The normalized spacial score (nSPS) is 19.8. The van der Waals surface area contributed by atoms with Crippen molar-refractivity contribution in [2.45, 2.75) is 77.5 Å². The molecule has 0 N–H and O–H groups in total. The van der Waals surface area contributed by atoms with E-state index in [1.54, 1.807) is 0 Å². The minimum absolute atomic E-state index is 0.131. The Hall–Kier alpha value is -2.25. The fourth-order valence-corrected chi connectivity index (χ4v) is 4.79. The van der Waals surface area contributed by atoms with E-state index < -0.39 is 13.9 Å². The van der Waals surface area contributed by atoms with E-state index in [0.717, 1.165) is 22.7 Å². The Bertz CT molecular complexity index is 994. The van der Waals surface area contributed by atoms with Gasteiger partial charge in [0.1, 0.15) is 6.10 Å². The van der Waals surface area contributed by atoms with Crippen LogP contribution in [0.3, 0.4) is 0 Å². The zero-order chi connectivity index (χ0) is 25.5. The lowest BCUT2D eigenvalue weighted by atomic mass is 10.0. The number of ether oxygens (including phenoxy) is 4. The van der Waals surface area contributed by atoms with Gasteiger partial charge in [-0.15, -0.1) is 0 Å². The molecule has 0 radical (unpaired) electrons. The van der Waals surface area contributed by atoms with Crippen LogP contribution in [0.15, 0.2) is 54.6 Å². The molecule has 5 nitrogen and oxygen atoms in total. The van der Waals surface area contributed by atoms with Gasteiger partial charge >= 0.3 is 5.97 Å².